The highest BCUT2D eigenvalue weighted by atomic mass is 16.6. The lowest BCUT2D eigenvalue weighted by atomic mass is 10.2. The van der Waals surface area contributed by atoms with Crippen LogP contribution < -0.4 is 29.7 Å². The second kappa shape index (κ2) is 12.6. The van der Waals surface area contributed by atoms with E-state index in [1.807, 2.05) is 6.92 Å². The zero-order valence-electron chi connectivity index (χ0n) is 19.9. The Hall–Kier alpha value is -4.86. The van der Waals surface area contributed by atoms with Crippen molar-refractivity contribution in [3.05, 3.63) is 77.9 Å². The lowest BCUT2D eigenvalue weighted by molar-refractivity contribution is -0.136. The van der Waals surface area contributed by atoms with Crippen LogP contribution in [0.1, 0.15) is 22.8 Å². The van der Waals surface area contributed by atoms with Crippen LogP contribution >= 0.6 is 0 Å². The van der Waals surface area contributed by atoms with Crippen LogP contribution in [0.2, 0.25) is 0 Å². The zero-order chi connectivity index (χ0) is 25.9. The first-order valence-electron chi connectivity index (χ1n) is 10.8. The summed E-state index contributed by atoms with van der Waals surface area (Å²) in [6.45, 7) is 2.39. The van der Waals surface area contributed by atoms with Crippen molar-refractivity contribution < 1.29 is 33.3 Å². The van der Waals surface area contributed by atoms with Gasteiger partial charge in [0.15, 0.2) is 11.5 Å². The number of methoxy groups -OCH3 is 2. The van der Waals surface area contributed by atoms with Crippen LogP contribution in [-0.4, -0.2) is 44.8 Å². The molecular formula is C26H25N3O7. The molecule has 0 saturated carbocycles. The van der Waals surface area contributed by atoms with Crippen molar-refractivity contribution in [2.24, 2.45) is 5.10 Å². The number of hydrogen-bond acceptors (Lipinski definition) is 8. The monoisotopic (exact) mass is 491 g/mol. The van der Waals surface area contributed by atoms with Crippen LogP contribution in [0.3, 0.4) is 0 Å². The largest absolute Gasteiger partial charge is 0.497 e. The van der Waals surface area contributed by atoms with Gasteiger partial charge in [-0.05, 0) is 79.2 Å². The maximum Gasteiger partial charge on any atom is 0.343 e. The van der Waals surface area contributed by atoms with Crippen molar-refractivity contribution >= 4 is 29.7 Å². The van der Waals surface area contributed by atoms with E-state index in [1.165, 1.54) is 26.5 Å². The molecule has 36 heavy (non-hydrogen) atoms. The van der Waals surface area contributed by atoms with E-state index < -0.39 is 17.8 Å². The highest BCUT2D eigenvalue weighted by Crippen LogP contribution is 2.28. The fourth-order valence-electron chi connectivity index (χ4n) is 2.94. The molecule has 0 saturated heterocycles. The van der Waals surface area contributed by atoms with Gasteiger partial charge in [0, 0.05) is 5.69 Å². The topological polar surface area (TPSA) is 125 Å². The number of amides is 2. The van der Waals surface area contributed by atoms with Gasteiger partial charge in [-0.2, -0.15) is 5.10 Å². The summed E-state index contributed by atoms with van der Waals surface area (Å²) in [5.41, 5.74) is 3.47. The average Bonchev–Trinajstić information content (AvgIpc) is 2.90. The zero-order valence-corrected chi connectivity index (χ0v) is 19.9. The summed E-state index contributed by atoms with van der Waals surface area (Å²) in [5, 5.41) is 6.26. The minimum absolute atomic E-state index is 0.203. The molecule has 2 amide bonds. The summed E-state index contributed by atoms with van der Waals surface area (Å²) in [6, 6.07) is 17.8. The minimum Gasteiger partial charge on any atom is -0.497 e. The van der Waals surface area contributed by atoms with Crippen molar-refractivity contribution in [3.63, 3.8) is 0 Å². The molecular weight excluding hydrogens is 466 g/mol. The molecule has 3 aromatic rings. The molecule has 0 atom stereocenters. The van der Waals surface area contributed by atoms with Gasteiger partial charge in [-0.3, -0.25) is 9.59 Å². The molecule has 0 aliphatic heterocycles. The molecule has 10 heteroatoms. The SMILES string of the molecule is CCOc1ccc(NC(=O)C(=O)N/N=C\c2ccc(OC(=O)c3ccc(OC)cc3)c(OC)c2)cc1. The van der Waals surface area contributed by atoms with Crippen molar-refractivity contribution in [1.82, 2.24) is 5.43 Å². The smallest absolute Gasteiger partial charge is 0.343 e. The van der Waals surface area contributed by atoms with E-state index in [4.69, 9.17) is 18.9 Å². The minimum atomic E-state index is -0.947. The van der Waals surface area contributed by atoms with Crippen LogP contribution in [0.5, 0.6) is 23.0 Å². The molecule has 0 heterocycles. The summed E-state index contributed by atoms with van der Waals surface area (Å²) in [7, 11) is 2.96. The standard InChI is InChI=1S/C26H25N3O7/c1-4-35-21-12-8-19(9-13-21)28-24(30)25(31)29-27-16-17-5-14-22(23(15-17)34-3)36-26(32)18-6-10-20(33-2)11-7-18/h5-16H,4H2,1-3H3,(H,28,30)(H,29,31)/b27-16-. The average molecular weight is 492 g/mol. The van der Waals surface area contributed by atoms with Gasteiger partial charge in [0.25, 0.3) is 0 Å². The number of benzene rings is 3. The highest BCUT2D eigenvalue weighted by molar-refractivity contribution is 6.39. The normalized spacial score (nSPS) is 10.4. The Morgan fingerprint density at radius 3 is 2.17 bits per heavy atom. The second-order valence-corrected chi connectivity index (χ2v) is 7.14. The molecule has 2 N–H and O–H groups in total. The van der Waals surface area contributed by atoms with Gasteiger partial charge in [0.05, 0.1) is 32.6 Å². The summed E-state index contributed by atoms with van der Waals surface area (Å²) in [5.74, 6) is -0.639. The Labute approximate surface area is 207 Å². The number of nitrogens with zero attached hydrogens (tertiary/aromatic N) is 1. The third-order valence-electron chi connectivity index (χ3n) is 4.73. The number of nitrogens with one attached hydrogen (secondary N) is 2. The summed E-state index contributed by atoms with van der Waals surface area (Å²) < 4.78 is 21.1. The van der Waals surface area contributed by atoms with Gasteiger partial charge in [0.1, 0.15) is 11.5 Å². The van der Waals surface area contributed by atoms with Gasteiger partial charge in [0.2, 0.25) is 0 Å². The number of carbonyl (C=O) groups excluding carboxylic acids is 3. The second-order valence-electron chi connectivity index (χ2n) is 7.14. The highest BCUT2D eigenvalue weighted by Gasteiger charge is 2.14. The molecule has 0 fully saturated rings. The van der Waals surface area contributed by atoms with Crippen LogP contribution in [0, 0.1) is 0 Å². The predicted molar refractivity (Wildman–Crippen MR) is 133 cm³/mol. The Morgan fingerprint density at radius 2 is 1.53 bits per heavy atom. The third-order valence-corrected chi connectivity index (χ3v) is 4.73. The summed E-state index contributed by atoms with van der Waals surface area (Å²) in [4.78, 5) is 36.5. The summed E-state index contributed by atoms with van der Waals surface area (Å²) in [6.07, 6.45) is 1.32. The molecule has 0 aromatic heterocycles. The Morgan fingerprint density at radius 1 is 0.833 bits per heavy atom. The van der Waals surface area contributed by atoms with E-state index in [1.54, 1.807) is 60.7 Å². The Bertz CT molecular complexity index is 1240. The number of esters is 1. The molecule has 0 radical (unpaired) electrons. The van der Waals surface area contributed by atoms with Gasteiger partial charge in [-0.1, -0.05) is 0 Å². The Balaban J connectivity index is 1.57. The van der Waals surface area contributed by atoms with E-state index in [0.29, 0.717) is 34.9 Å². The van der Waals surface area contributed by atoms with E-state index in [0.717, 1.165) is 0 Å². The van der Waals surface area contributed by atoms with Gasteiger partial charge >= 0.3 is 17.8 Å². The molecule has 186 valence electrons. The lowest BCUT2D eigenvalue weighted by Gasteiger charge is -2.10. The first-order valence-corrected chi connectivity index (χ1v) is 10.8. The molecule has 0 aliphatic carbocycles. The molecule has 0 aliphatic rings. The molecule has 0 unspecified atom stereocenters. The molecule has 0 spiro atoms. The molecule has 3 aromatic carbocycles. The number of hydrogen-bond donors (Lipinski definition) is 2. The fourth-order valence-corrected chi connectivity index (χ4v) is 2.94. The van der Waals surface area contributed by atoms with E-state index in [-0.39, 0.29) is 11.5 Å². The van der Waals surface area contributed by atoms with Crippen LogP contribution in [0.4, 0.5) is 5.69 Å². The van der Waals surface area contributed by atoms with E-state index in [2.05, 4.69) is 15.8 Å². The molecule has 3 rings (SSSR count). The van der Waals surface area contributed by atoms with Crippen molar-refractivity contribution in [1.29, 1.82) is 0 Å². The number of anilines is 1. The van der Waals surface area contributed by atoms with Gasteiger partial charge in [-0.25, -0.2) is 10.2 Å². The van der Waals surface area contributed by atoms with Crippen LogP contribution in [0.15, 0.2) is 71.8 Å². The molecule has 0 bridgehead atoms. The van der Waals surface area contributed by atoms with Crippen molar-refractivity contribution in [2.45, 2.75) is 6.92 Å². The third kappa shape index (κ3) is 7.07. The predicted octanol–water partition coefficient (Wildman–Crippen LogP) is 3.41. The number of rotatable bonds is 9. The lowest BCUT2D eigenvalue weighted by Crippen LogP contribution is -2.32. The van der Waals surface area contributed by atoms with Crippen molar-refractivity contribution in [2.75, 3.05) is 26.1 Å². The van der Waals surface area contributed by atoms with Crippen LogP contribution in [0.25, 0.3) is 0 Å². The van der Waals surface area contributed by atoms with Crippen molar-refractivity contribution in [3.8, 4) is 23.0 Å². The summed E-state index contributed by atoms with van der Waals surface area (Å²) >= 11 is 0. The fraction of sp³-hybridized carbons (Fsp3) is 0.154. The maximum atomic E-state index is 12.4. The number of carbonyl (C=O) groups is 3. The maximum absolute atomic E-state index is 12.4. The van der Waals surface area contributed by atoms with E-state index in [9.17, 15) is 14.4 Å². The Kier molecular flexibility index (Phi) is 8.99. The van der Waals surface area contributed by atoms with Crippen LogP contribution in [-0.2, 0) is 9.59 Å². The van der Waals surface area contributed by atoms with Gasteiger partial charge < -0.3 is 24.3 Å². The van der Waals surface area contributed by atoms with E-state index >= 15 is 0 Å². The first-order chi connectivity index (χ1) is 17.4. The van der Waals surface area contributed by atoms with Gasteiger partial charge in [-0.15, -0.1) is 0 Å². The first kappa shape index (κ1) is 25.8. The number of hydrazone groups is 1. The molecule has 10 nitrogen and oxygen atoms in total. The number of ether oxygens (including phenoxy) is 4. The quantitative estimate of drug-likeness (QED) is 0.155.